The minimum Gasteiger partial charge on any atom is -0.483 e. The normalized spacial score (nSPS) is 14.9. The number of hydrogen-bond donors (Lipinski definition) is 4. The van der Waals surface area contributed by atoms with E-state index in [1.54, 1.807) is 107 Å². The first-order valence-corrected chi connectivity index (χ1v) is 55.2. The fourth-order valence-electron chi connectivity index (χ4n) is 13.6. The van der Waals surface area contributed by atoms with Crippen LogP contribution in [0.4, 0.5) is 13.2 Å². The number of Topliss-reactive ketones (excluding diaryl/α,β-unsaturated/α-hetero) is 12. The number of aromatic nitrogens is 1. The van der Waals surface area contributed by atoms with E-state index in [1.165, 1.54) is 45.3 Å². The molecule has 4 aliphatic rings. The minimum atomic E-state index is -2.75. The second-order valence-electron chi connectivity index (χ2n) is 42.2. The first-order valence-electron chi connectivity index (χ1n) is 53.5. The Labute approximate surface area is 894 Å². The molecule has 3 fully saturated rings. The van der Waals surface area contributed by atoms with Crippen LogP contribution in [0, 0.1) is 106 Å². The third-order valence-corrected chi connectivity index (χ3v) is 26.3. The zero-order valence-corrected chi connectivity index (χ0v) is 99.2. The average molecular weight is 2130 g/mol. The molecule has 2 heterocycles. The van der Waals surface area contributed by atoms with Crippen molar-refractivity contribution in [2.24, 2.45) is 106 Å². The number of ketones is 12. The van der Waals surface area contributed by atoms with Gasteiger partial charge in [0.05, 0.1) is 36.0 Å². The molecule has 3 aliphatic carbocycles. The maximum absolute atomic E-state index is 12.7. The van der Waals surface area contributed by atoms with Crippen molar-refractivity contribution in [1.29, 1.82) is 0 Å². The van der Waals surface area contributed by atoms with Crippen LogP contribution in [0.5, 0.6) is 5.75 Å². The van der Waals surface area contributed by atoms with Gasteiger partial charge in [0.1, 0.15) is 76.5 Å². The maximum atomic E-state index is 12.7. The highest BCUT2D eigenvalue weighted by Crippen LogP contribution is 2.50. The summed E-state index contributed by atoms with van der Waals surface area (Å²) in [5.41, 5.74) is 0.860. The Kier molecular flexibility index (Phi) is 80.9. The monoisotopic (exact) mass is 2130 g/mol. The number of aliphatic hydroxyl groups is 4. The number of benzene rings is 3. The summed E-state index contributed by atoms with van der Waals surface area (Å²) in [5.74, 6) is -1.27. The van der Waals surface area contributed by atoms with Gasteiger partial charge >= 0.3 is 5.97 Å². The van der Waals surface area contributed by atoms with E-state index in [0.717, 1.165) is 55.4 Å². The molecule has 3 saturated carbocycles. The lowest BCUT2D eigenvalue weighted by Crippen LogP contribution is -2.47. The quantitative estimate of drug-likeness (QED) is 0.0237. The molecule has 149 heavy (non-hydrogen) atoms. The summed E-state index contributed by atoms with van der Waals surface area (Å²) in [6.07, 6.45) is 12.6. The largest absolute Gasteiger partial charge is 0.483 e. The van der Waals surface area contributed by atoms with Crippen LogP contribution in [0.15, 0.2) is 118 Å². The number of carbonyl (C=O) groups is 13. The molecule has 1 aliphatic heterocycles. The van der Waals surface area contributed by atoms with Crippen molar-refractivity contribution >= 4 is 91.4 Å². The Morgan fingerprint density at radius 1 is 0.490 bits per heavy atom. The van der Waals surface area contributed by atoms with Gasteiger partial charge in [-0.25, -0.2) is 21.6 Å². The molecule has 3 aromatic carbocycles. The van der Waals surface area contributed by atoms with Crippen molar-refractivity contribution in [2.45, 2.75) is 399 Å². The number of nitrogens with zero attached hydrogens (tertiary/aromatic N) is 2. The van der Waals surface area contributed by atoms with Gasteiger partial charge in [0, 0.05) is 121 Å². The molecular weight excluding hydrogens is 1930 g/mol. The predicted molar refractivity (Wildman–Crippen MR) is 591 cm³/mol. The molecule has 4 N–H and O–H groups in total. The molecule has 4 aromatic rings. The maximum Gasteiger partial charge on any atom is 0.308 e. The number of halogens is 3. The summed E-state index contributed by atoms with van der Waals surface area (Å²) in [6, 6.07) is 26.3. The average Bonchev–Trinajstić information content (AvgIpc) is 1.62. The molecule has 0 bridgehead atoms. The number of sulfone groups is 1. The van der Waals surface area contributed by atoms with E-state index in [1.807, 2.05) is 234 Å². The van der Waals surface area contributed by atoms with Gasteiger partial charge in [0.15, 0.2) is 68.0 Å². The number of methoxy groups -OCH3 is 2. The van der Waals surface area contributed by atoms with Gasteiger partial charge in [0.2, 0.25) is 0 Å². The van der Waals surface area contributed by atoms with Crippen molar-refractivity contribution in [1.82, 2.24) is 5.16 Å². The van der Waals surface area contributed by atoms with Crippen LogP contribution >= 0.6 is 0 Å². The van der Waals surface area contributed by atoms with Crippen LogP contribution in [0.25, 0.3) is 0 Å². The number of allylic oxidation sites excluding steroid dienone is 1. The van der Waals surface area contributed by atoms with Gasteiger partial charge in [-0.3, -0.25) is 67.3 Å². The Bertz CT molecular complexity index is 4500. The number of aliphatic imine (C=N–C) groups is 1. The Morgan fingerprint density at radius 3 is 1.14 bits per heavy atom. The number of para-hydroxylation sites is 1. The Hall–Kier alpha value is -8.91. The van der Waals surface area contributed by atoms with Gasteiger partial charge in [0.25, 0.3) is 5.92 Å². The van der Waals surface area contributed by atoms with Crippen LogP contribution in [0.2, 0.25) is 0 Å². The van der Waals surface area contributed by atoms with Gasteiger partial charge in [-0.05, 0) is 146 Å². The molecule has 854 valence electrons. The fourth-order valence-corrected chi connectivity index (χ4v) is 14.7. The third kappa shape index (κ3) is 64.0. The molecule has 26 nitrogen and oxygen atoms in total. The van der Waals surface area contributed by atoms with Crippen LogP contribution in [0.3, 0.4) is 0 Å². The second-order valence-corrected chi connectivity index (χ2v) is 44.9. The van der Waals surface area contributed by atoms with Crippen molar-refractivity contribution < 1.29 is 128 Å². The van der Waals surface area contributed by atoms with Gasteiger partial charge < -0.3 is 43.9 Å². The Balaban J connectivity index is -0.000000371. The lowest BCUT2D eigenvalue weighted by atomic mass is 9.74. The lowest BCUT2D eigenvalue weighted by Gasteiger charge is -2.36. The van der Waals surface area contributed by atoms with E-state index < -0.39 is 57.3 Å². The number of esters is 1. The standard InChI is InChI=1S/C12H15FO2.2C12H16O2.C9H18O2.C9H16O.C9H18O.C8H11NO.C8H14O2.C8H16O2.C7H10F2O.C7H9NO2.C6H14O2S.2C6H12O2/c1-8(2)11(14)12(15-3)9-4-6-10(13)7-5-9;1-9(2)11(13)12(14-3)10-7-5-4-6-8-10;1-9(2)12(13)10(3)14-11-7-5-4-6-8-11;1-5-9(11,6-2)8(10)7(3)4;1-7(2)9(10)8-5-3-4-6-8;1-5-8(6-2)9(10)7(3)4;1-6(2)8(10)7-3-4-9-5-7;1-6(2)7(9)8(10)4-3-5-8;1-5(2)7(9)8(10)6(3)4;1-4(2)6(10)5-3-7(5,8)9;1-5(2)7(9)6-3-4-10-8-6;1-4-5-9(7,8)6(2)3;1-4-8-6(7)5(2)3;1-4(2)6(8)5(3)7/h4-8,12H,1-3H3;4-9,12H,1-3H3;4-10H,1-3H3;7,11H,5-6H2,1-4H3;7-8H,3-6H2,1-2H3;7-8H,5-6H2,1-4H3;3-4,6H,5H2,1-2H3;6,10H,3-5H2,1-2H3;5-7,9H,1-4H3;4-5H,3H2,1-2H3;3-5H,1-2H3;6H,4-5H2,1-3H3;5H,4H2,1-3H3;4-5,7H,1-3H3. The van der Waals surface area contributed by atoms with Crippen molar-refractivity contribution in [2.75, 3.05) is 33.1 Å². The topological polar surface area (TPSA) is 412 Å². The summed E-state index contributed by atoms with van der Waals surface area (Å²) in [7, 11) is 0.300. The van der Waals surface area contributed by atoms with Gasteiger partial charge in [-0.2, -0.15) is 0 Å². The second kappa shape index (κ2) is 80.0. The van der Waals surface area contributed by atoms with E-state index in [9.17, 15) is 99.2 Å². The van der Waals surface area contributed by atoms with Gasteiger partial charge in [-0.1, -0.05) is 307 Å². The highest BCUT2D eigenvalue weighted by Gasteiger charge is 2.61. The summed E-state index contributed by atoms with van der Waals surface area (Å²) in [6.45, 7) is 70.9. The predicted octanol–water partition coefficient (Wildman–Crippen LogP) is 24.8. The SMILES string of the molecule is CC(C)C(=O)C(C)O.CC(C)C(=O)C(C)Oc1ccccc1.CC(C)C(=O)C(O)C(C)C.CC(C)C(=O)C1(O)CCC1.CC(C)C(=O)C1=CC=NC1.CC(C)C(=O)C1CC1(F)F.CC(C)C(=O)C1CCCC1.CC(C)C(=O)c1ccon1.CCC(CC)C(=O)C(C)C.CCC(O)(CC)C(=O)C(C)C.CCCS(=O)(=O)C(C)C.CCOC(=O)C(C)C.COC(C(=O)C(C)C)c1ccc(F)cc1.COC(C(=O)C(C)C)c1ccccc1. The number of aliphatic hydroxyl groups excluding tert-OH is 2. The van der Waals surface area contributed by atoms with Crippen LogP contribution in [-0.4, -0.2) is 189 Å². The molecule has 30 heteroatoms. The summed E-state index contributed by atoms with van der Waals surface area (Å²) in [4.78, 5) is 149. The molecule has 0 saturated heterocycles. The molecule has 0 spiro atoms. The summed E-state index contributed by atoms with van der Waals surface area (Å²) < 4.78 is 83.9. The number of carbonyl (C=O) groups excluding carboxylic acids is 13. The number of alkyl halides is 2. The van der Waals surface area contributed by atoms with E-state index in [0.29, 0.717) is 79.2 Å². The molecule has 1 aromatic heterocycles. The molecule has 8 rings (SSSR count). The Morgan fingerprint density at radius 2 is 0.906 bits per heavy atom. The van der Waals surface area contributed by atoms with Crippen LogP contribution in [0.1, 0.15) is 380 Å². The summed E-state index contributed by atoms with van der Waals surface area (Å²) >= 11 is 0. The first kappa shape index (κ1) is 151. The number of rotatable bonds is 40. The fraction of sp³-hybridized carbons (Fsp3) is 0.689. The molecule has 6 atom stereocenters. The zero-order valence-electron chi connectivity index (χ0n) is 98.4. The zero-order chi connectivity index (χ0) is 117. The molecular formula is C119H197F3N2O24S. The number of ether oxygens (including phenoxy) is 4. The van der Waals surface area contributed by atoms with E-state index >= 15 is 0 Å². The minimum absolute atomic E-state index is 0.000145. The smallest absolute Gasteiger partial charge is 0.308 e. The highest BCUT2D eigenvalue weighted by atomic mass is 32.2. The molecule has 6 unspecified atom stereocenters. The third-order valence-electron chi connectivity index (χ3n) is 23.9. The number of hydrogen-bond acceptors (Lipinski definition) is 26. The van der Waals surface area contributed by atoms with Gasteiger partial charge in [-0.15, -0.1) is 0 Å². The lowest BCUT2D eigenvalue weighted by molar-refractivity contribution is -0.149. The van der Waals surface area contributed by atoms with Crippen LogP contribution < -0.4 is 4.74 Å². The molecule has 0 amide bonds. The highest BCUT2D eigenvalue weighted by molar-refractivity contribution is 7.91. The van der Waals surface area contributed by atoms with Crippen molar-refractivity contribution in [3.05, 3.63) is 132 Å². The van der Waals surface area contributed by atoms with Crippen molar-refractivity contribution in [3.8, 4) is 5.75 Å². The van der Waals surface area contributed by atoms with E-state index in [2.05, 4.69) is 33.3 Å². The van der Waals surface area contributed by atoms with E-state index in [-0.39, 0.29) is 170 Å². The van der Waals surface area contributed by atoms with Crippen LogP contribution in [-0.2, 0) is 81.6 Å². The summed E-state index contributed by atoms with van der Waals surface area (Å²) in [5, 5.41) is 40.4. The van der Waals surface area contributed by atoms with Crippen molar-refractivity contribution in [3.63, 3.8) is 0 Å². The van der Waals surface area contributed by atoms with E-state index in [4.69, 9.17) is 19.3 Å². The first-order chi connectivity index (χ1) is 68.8. The molecule has 0 radical (unpaired) electrons.